The quantitative estimate of drug-likeness (QED) is 0.505. The molecule has 0 bridgehead atoms. The minimum absolute atomic E-state index is 0.0490. The SMILES string of the molecule is Cc1cccc(C2c3cccn3-c3ccccc3N2C(=O)CN(C(=O)NC2CCCCC2)C2CC2)c1. The van der Waals surface area contributed by atoms with Crippen LogP contribution >= 0.6 is 0 Å². The van der Waals surface area contributed by atoms with Gasteiger partial charge in [0.05, 0.1) is 17.1 Å². The highest BCUT2D eigenvalue weighted by atomic mass is 16.2. The van der Waals surface area contributed by atoms with E-state index in [2.05, 4.69) is 59.4 Å². The molecule has 0 spiro atoms. The van der Waals surface area contributed by atoms with E-state index in [4.69, 9.17) is 0 Å². The molecule has 6 nitrogen and oxygen atoms in total. The largest absolute Gasteiger partial charge is 0.335 e. The van der Waals surface area contributed by atoms with Gasteiger partial charge in [0, 0.05) is 18.3 Å². The molecule has 2 saturated carbocycles. The molecule has 1 atom stereocenters. The zero-order valence-corrected chi connectivity index (χ0v) is 20.9. The number of carbonyl (C=O) groups excluding carboxylic acids is 2. The molecule has 6 rings (SSSR count). The Morgan fingerprint density at radius 2 is 1.69 bits per heavy atom. The number of fused-ring (bicyclic) bond motifs is 3. The van der Waals surface area contributed by atoms with Crippen LogP contribution in [0.3, 0.4) is 0 Å². The number of carbonyl (C=O) groups is 2. The number of urea groups is 1. The van der Waals surface area contributed by atoms with Gasteiger partial charge in [-0.2, -0.15) is 0 Å². The number of benzene rings is 2. The molecule has 2 heterocycles. The van der Waals surface area contributed by atoms with Crippen molar-refractivity contribution in [3.8, 4) is 5.69 Å². The van der Waals surface area contributed by atoms with Gasteiger partial charge in [-0.1, -0.05) is 61.2 Å². The van der Waals surface area contributed by atoms with Gasteiger partial charge >= 0.3 is 6.03 Å². The first-order chi connectivity index (χ1) is 17.6. The Balaban J connectivity index is 1.34. The van der Waals surface area contributed by atoms with Crippen molar-refractivity contribution in [3.05, 3.63) is 83.7 Å². The summed E-state index contributed by atoms with van der Waals surface area (Å²) in [6.45, 7) is 2.16. The van der Waals surface area contributed by atoms with E-state index >= 15 is 0 Å². The molecule has 2 aromatic carbocycles. The molecule has 3 aliphatic rings. The molecule has 2 fully saturated rings. The number of para-hydroxylation sites is 2. The summed E-state index contributed by atoms with van der Waals surface area (Å²) in [5.41, 5.74) is 5.14. The molecule has 6 heteroatoms. The van der Waals surface area contributed by atoms with E-state index in [-0.39, 0.29) is 36.6 Å². The van der Waals surface area contributed by atoms with E-state index in [1.54, 1.807) is 4.90 Å². The first kappa shape index (κ1) is 22.9. The molecule has 186 valence electrons. The van der Waals surface area contributed by atoms with E-state index in [0.717, 1.165) is 66.7 Å². The number of aromatic nitrogens is 1. The maximum Gasteiger partial charge on any atom is 0.318 e. The molecule has 3 amide bonds. The fourth-order valence-electron chi connectivity index (χ4n) is 5.90. The van der Waals surface area contributed by atoms with Gasteiger partial charge in [0.25, 0.3) is 0 Å². The number of hydrogen-bond acceptors (Lipinski definition) is 2. The summed E-state index contributed by atoms with van der Waals surface area (Å²) in [5, 5.41) is 3.24. The van der Waals surface area contributed by atoms with E-state index in [1.165, 1.54) is 6.42 Å². The molecule has 36 heavy (non-hydrogen) atoms. The van der Waals surface area contributed by atoms with Crippen LogP contribution in [0.1, 0.15) is 67.8 Å². The third-order valence-electron chi connectivity index (χ3n) is 7.83. The Labute approximate surface area is 212 Å². The summed E-state index contributed by atoms with van der Waals surface area (Å²) >= 11 is 0. The monoisotopic (exact) mass is 482 g/mol. The van der Waals surface area contributed by atoms with Crippen LogP contribution < -0.4 is 10.2 Å². The van der Waals surface area contributed by atoms with Gasteiger partial charge in [0.15, 0.2) is 0 Å². The number of aryl methyl sites for hydroxylation is 1. The van der Waals surface area contributed by atoms with Crippen molar-refractivity contribution >= 4 is 17.6 Å². The predicted molar refractivity (Wildman–Crippen MR) is 141 cm³/mol. The lowest BCUT2D eigenvalue weighted by Crippen LogP contribution is -2.51. The lowest BCUT2D eigenvalue weighted by molar-refractivity contribution is -0.119. The van der Waals surface area contributed by atoms with Crippen molar-refractivity contribution in [3.63, 3.8) is 0 Å². The van der Waals surface area contributed by atoms with Crippen LogP contribution in [0.2, 0.25) is 0 Å². The number of nitrogens with zero attached hydrogens (tertiary/aromatic N) is 3. The summed E-state index contributed by atoms with van der Waals surface area (Å²) in [5.74, 6) is -0.0490. The Bertz CT molecular complexity index is 1270. The maximum absolute atomic E-state index is 14.2. The van der Waals surface area contributed by atoms with Gasteiger partial charge in [-0.15, -0.1) is 0 Å². The van der Waals surface area contributed by atoms with E-state index < -0.39 is 0 Å². The summed E-state index contributed by atoms with van der Waals surface area (Å²) in [6.07, 6.45) is 9.62. The summed E-state index contributed by atoms with van der Waals surface area (Å²) < 4.78 is 2.18. The number of anilines is 1. The molecule has 2 aliphatic carbocycles. The van der Waals surface area contributed by atoms with Crippen molar-refractivity contribution in [2.75, 3.05) is 11.4 Å². The minimum atomic E-state index is -0.259. The van der Waals surface area contributed by atoms with Crippen molar-refractivity contribution in [1.82, 2.24) is 14.8 Å². The molecule has 1 unspecified atom stereocenters. The van der Waals surface area contributed by atoms with E-state index in [1.807, 2.05) is 29.2 Å². The van der Waals surface area contributed by atoms with Crippen LogP contribution in [-0.2, 0) is 4.79 Å². The highest BCUT2D eigenvalue weighted by Gasteiger charge is 2.40. The minimum Gasteiger partial charge on any atom is -0.335 e. The Kier molecular flexibility index (Phi) is 6.04. The third-order valence-corrected chi connectivity index (χ3v) is 7.83. The lowest BCUT2D eigenvalue weighted by Gasteiger charge is -2.39. The van der Waals surface area contributed by atoms with Crippen LogP contribution in [-0.4, -0.2) is 40.0 Å². The van der Waals surface area contributed by atoms with Crippen molar-refractivity contribution < 1.29 is 9.59 Å². The van der Waals surface area contributed by atoms with Crippen molar-refractivity contribution in [1.29, 1.82) is 0 Å². The fraction of sp³-hybridized carbons (Fsp3) is 0.400. The summed E-state index contributed by atoms with van der Waals surface area (Å²) in [4.78, 5) is 31.3. The summed E-state index contributed by atoms with van der Waals surface area (Å²) in [7, 11) is 0. The van der Waals surface area contributed by atoms with Crippen LogP contribution in [0.15, 0.2) is 66.9 Å². The van der Waals surface area contributed by atoms with Gasteiger partial charge in [-0.3, -0.25) is 9.69 Å². The highest BCUT2D eigenvalue weighted by molar-refractivity contribution is 6.00. The molecular formula is C30H34N4O2. The molecule has 1 N–H and O–H groups in total. The molecule has 1 aliphatic heterocycles. The van der Waals surface area contributed by atoms with Gasteiger partial charge in [-0.25, -0.2) is 4.79 Å². The first-order valence-corrected chi connectivity index (χ1v) is 13.3. The molecule has 3 aromatic rings. The van der Waals surface area contributed by atoms with Gasteiger partial charge in [0.1, 0.15) is 12.6 Å². The van der Waals surface area contributed by atoms with Crippen LogP contribution in [0, 0.1) is 6.92 Å². The number of hydrogen-bond donors (Lipinski definition) is 1. The first-order valence-electron chi connectivity index (χ1n) is 13.3. The topological polar surface area (TPSA) is 57.6 Å². The molecule has 0 radical (unpaired) electrons. The summed E-state index contributed by atoms with van der Waals surface area (Å²) in [6, 6.07) is 20.6. The molecular weight excluding hydrogens is 448 g/mol. The second-order valence-electron chi connectivity index (χ2n) is 10.5. The lowest BCUT2D eigenvalue weighted by atomic mass is 9.96. The maximum atomic E-state index is 14.2. The van der Waals surface area contributed by atoms with Crippen LogP contribution in [0.4, 0.5) is 10.5 Å². The number of amides is 3. The van der Waals surface area contributed by atoms with Crippen molar-refractivity contribution in [2.45, 2.75) is 70.0 Å². The van der Waals surface area contributed by atoms with Crippen molar-refractivity contribution in [2.24, 2.45) is 0 Å². The average molecular weight is 483 g/mol. The van der Waals surface area contributed by atoms with Crippen LogP contribution in [0.25, 0.3) is 5.69 Å². The van der Waals surface area contributed by atoms with E-state index in [9.17, 15) is 9.59 Å². The average Bonchev–Trinajstić information content (AvgIpc) is 3.62. The molecule has 1 aromatic heterocycles. The zero-order valence-electron chi connectivity index (χ0n) is 20.9. The second kappa shape index (κ2) is 9.49. The van der Waals surface area contributed by atoms with E-state index in [0.29, 0.717) is 0 Å². The highest BCUT2D eigenvalue weighted by Crippen LogP contribution is 2.42. The molecule has 0 saturated heterocycles. The normalized spacial score (nSPS) is 19.4. The Morgan fingerprint density at radius 3 is 2.44 bits per heavy atom. The smallest absolute Gasteiger partial charge is 0.318 e. The number of rotatable bonds is 5. The van der Waals surface area contributed by atoms with Gasteiger partial charge < -0.3 is 14.8 Å². The zero-order chi connectivity index (χ0) is 24.6. The Morgan fingerprint density at radius 1 is 0.917 bits per heavy atom. The second-order valence-corrected chi connectivity index (χ2v) is 10.5. The Hall–Kier alpha value is -3.54. The standard InChI is InChI=1S/C30H34N4O2/c1-21-9-7-10-22(19-21)29-27-15-8-18-32(27)25-13-5-6-14-26(25)34(29)28(35)20-33(24-16-17-24)30(36)31-23-11-3-2-4-12-23/h5-10,13-15,18-19,23-24,29H,2-4,11-12,16-17,20H2,1H3,(H,31,36). The number of nitrogens with one attached hydrogen (secondary N) is 1. The van der Waals surface area contributed by atoms with Gasteiger partial charge in [0.2, 0.25) is 5.91 Å². The van der Waals surface area contributed by atoms with Gasteiger partial charge in [-0.05, 0) is 62.4 Å². The van der Waals surface area contributed by atoms with Crippen LogP contribution in [0.5, 0.6) is 0 Å². The third kappa shape index (κ3) is 4.29. The predicted octanol–water partition coefficient (Wildman–Crippen LogP) is 5.73. The fourth-order valence-corrected chi connectivity index (χ4v) is 5.90.